The smallest absolute Gasteiger partial charge is 0.321 e. The van der Waals surface area contributed by atoms with Crippen molar-refractivity contribution in [2.24, 2.45) is 7.05 Å². The molecule has 8 nitrogen and oxygen atoms in total. The number of nitrogens with zero attached hydrogens (tertiary/aromatic N) is 3. The molecule has 10 heteroatoms. The molecule has 2 N–H and O–H groups in total. The number of hydrogen-bond acceptors (Lipinski definition) is 6. The third kappa shape index (κ3) is 5.95. The van der Waals surface area contributed by atoms with Crippen molar-refractivity contribution in [3.8, 4) is 5.75 Å². The highest BCUT2D eigenvalue weighted by Gasteiger charge is 2.13. The van der Waals surface area contributed by atoms with Gasteiger partial charge in [-0.3, -0.25) is 10.1 Å². The summed E-state index contributed by atoms with van der Waals surface area (Å²) in [5, 5.41) is 14.0. The first-order valence-corrected chi connectivity index (χ1v) is 8.83. The molecule has 3 amide bonds. The minimum absolute atomic E-state index is 0.0567. The maximum atomic E-state index is 11.7. The number of amides is 3. The molecule has 0 aliphatic heterocycles. The lowest BCUT2D eigenvalue weighted by atomic mass is 10.3. The number of benzene rings is 1. The lowest BCUT2D eigenvalue weighted by Crippen LogP contribution is -2.40. The molecule has 25 heavy (non-hydrogen) atoms. The molecule has 0 fully saturated rings. The van der Waals surface area contributed by atoms with Crippen LogP contribution in [0.1, 0.15) is 12.7 Å². The highest BCUT2D eigenvalue weighted by atomic mass is 35.5. The van der Waals surface area contributed by atoms with Gasteiger partial charge in [0.2, 0.25) is 5.91 Å². The zero-order valence-corrected chi connectivity index (χ0v) is 15.4. The average molecular weight is 384 g/mol. The Morgan fingerprint density at radius 3 is 2.68 bits per heavy atom. The van der Waals surface area contributed by atoms with E-state index < -0.39 is 11.9 Å². The molecule has 0 radical (unpaired) electrons. The molecule has 0 atom stereocenters. The average Bonchev–Trinajstić information content (AvgIpc) is 2.93. The van der Waals surface area contributed by atoms with E-state index in [0.29, 0.717) is 28.3 Å². The summed E-state index contributed by atoms with van der Waals surface area (Å²) >= 11 is 7.01. The molecule has 0 saturated carbocycles. The van der Waals surface area contributed by atoms with Crippen molar-refractivity contribution < 1.29 is 14.3 Å². The molecular formula is C15H18ClN5O3S. The van der Waals surface area contributed by atoms with Gasteiger partial charge in [-0.05, 0) is 31.2 Å². The zero-order valence-electron chi connectivity index (χ0n) is 13.8. The van der Waals surface area contributed by atoms with Crippen molar-refractivity contribution in [3.63, 3.8) is 0 Å². The summed E-state index contributed by atoms with van der Waals surface area (Å²) in [6.45, 7) is 2.45. The second-order valence-electron chi connectivity index (χ2n) is 4.90. The SMILES string of the molecule is CCNC(=O)NC(=O)CSc1nnc(COc2ccc(Cl)cc2)n1C. The Morgan fingerprint density at radius 2 is 2.00 bits per heavy atom. The zero-order chi connectivity index (χ0) is 18.2. The number of imide groups is 1. The number of thioether (sulfide) groups is 1. The van der Waals surface area contributed by atoms with Gasteiger partial charge < -0.3 is 14.6 Å². The molecule has 0 aliphatic carbocycles. The third-order valence-corrected chi connectivity index (χ3v) is 4.30. The number of urea groups is 1. The van der Waals surface area contributed by atoms with E-state index in [1.54, 1.807) is 42.8 Å². The van der Waals surface area contributed by atoms with Crippen LogP contribution in [0.4, 0.5) is 4.79 Å². The first-order chi connectivity index (χ1) is 12.0. The quantitative estimate of drug-likeness (QED) is 0.709. The van der Waals surface area contributed by atoms with E-state index in [9.17, 15) is 9.59 Å². The van der Waals surface area contributed by atoms with Crippen LogP contribution in [0.5, 0.6) is 5.75 Å². The van der Waals surface area contributed by atoms with Gasteiger partial charge in [0, 0.05) is 18.6 Å². The predicted molar refractivity (Wildman–Crippen MR) is 94.7 cm³/mol. The van der Waals surface area contributed by atoms with Gasteiger partial charge >= 0.3 is 6.03 Å². The summed E-state index contributed by atoms with van der Waals surface area (Å²) in [6, 6.07) is 6.49. The fourth-order valence-corrected chi connectivity index (χ4v) is 2.63. The number of rotatable bonds is 7. The van der Waals surface area contributed by atoms with E-state index in [2.05, 4.69) is 20.8 Å². The summed E-state index contributed by atoms with van der Waals surface area (Å²) in [5.41, 5.74) is 0. The number of ether oxygens (including phenoxy) is 1. The summed E-state index contributed by atoms with van der Waals surface area (Å²) in [7, 11) is 1.78. The molecule has 1 heterocycles. The summed E-state index contributed by atoms with van der Waals surface area (Å²) in [5.74, 6) is 0.934. The van der Waals surface area contributed by atoms with Crippen LogP contribution in [0, 0.1) is 0 Å². The maximum absolute atomic E-state index is 11.7. The largest absolute Gasteiger partial charge is 0.486 e. The lowest BCUT2D eigenvalue weighted by molar-refractivity contribution is -0.117. The van der Waals surface area contributed by atoms with Gasteiger partial charge in [-0.1, -0.05) is 23.4 Å². The van der Waals surface area contributed by atoms with Gasteiger partial charge in [-0.25, -0.2) is 4.79 Å². The maximum Gasteiger partial charge on any atom is 0.321 e. The van der Waals surface area contributed by atoms with E-state index >= 15 is 0 Å². The molecule has 0 bridgehead atoms. The van der Waals surface area contributed by atoms with Gasteiger partial charge in [-0.2, -0.15) is 0 Å². The Balaban J connectivity index is 1.84. The number of nitrogens with one attached hydrogen (secondary N) is 2. The van der Waals surface area contributed by atoms with Gasteiger partial charge in [0.15, 0.2) is 11.0 Å². The monoisotopic (exact) mass is 383 g/mol. The van der Waals surface area contributed by atoms with Crippen molar-refractivity contribution in [2.45, 2.75) is 18.7 Å². The van der Waals surface area contributed by atoms with Crippen molar-refractivity contribution in [1.29, 1.82) is 0 Å². The van der Waals surface area contributed by atoms with Crippen LogP contribution >= 0.6 is 23.4 Å². The summed E-state index contributed by atoms with van der Waals surface area (Å²) in [6.07, 6.45) is 0. The Bertz CT molecular complexity index is 735. The number of hydrogen-bond donors (Lipinski definition) is 2. The standard InChI is InChI=1S/C15H18ClN5O3S/c1-3-17-14(23)18-13(22)9-25-15-20-19-12(21(15)2)8-24-11-6-4-10(16)5-7-11/h4-7H,3,8-9H2,1-2H3,(H2,17,18,22,23). The summed E-state index contributed by atoms with van der Waals surface area (Å²) < 4.78 is 7.36. The second-order valence-corrected chi connectivity index (χ2v) is 6.28. The third-order valence-electron chi connectivity index (χ3n) is 3.03. The van der Waals surface area contributed by atoms with E-state index in [0.717, 1.165) is 0 Å². The number of carbonyl (C=O) groups is 2. The first-order valence-electron chi connectivity index (χ1n) is 7.46. The van der Waals surface area contributed by atoms with E-state index in [-0.39, 0.29) is 12.4 Å². The molecule has 2 rings (SSSR count). The molecule has 1 aromatic carbocycles. The van der Waals surface area contributed by atoms with Crippen molar-refractivity contribution in [3.05, 3.63) is 35.1 Å². The fraction of sp³-hybridized carbons (Fsp3) is 0.333. The minimum atomic E-state index is -0.511. The molecule has 0 spiro atoms. The Morgan fingerprint density at radius 1 is 1.28 bits per heavy atom. The molecule has 134 valence electrons. The van der Waals surface area contributed by atoms with Crippen molar-refractivity contribution >= 4 is 35.3 Å². The Hall–Kier alpha value is -2.26. The number of aromatic nitrogens is 3. The molecule has 0 unspecified atom stereocenters. The van der Waals surface area contributed by atoms with Crippen molar-refractivity contribution in [2.75, 3.05) is 12.3 Å². The van der Waals surface area contributed by atoms with Gasteiger partial charge in [0.25, 0.3) is 0 Å². The van der Waals surface area contributed by atoms with Crippen LogP contribution in [0.25, 0.3) is 0 Å². The Kier molecular flexibility index (Phi) is 7.08. The second kappa shape index (κ2) is 9.28. The van der Waals surface area contributed by atoms with Gasteiger partial charge in [0.05, 0.1) is 5.75 Å². The predicted octanol–water partition coefficient (Wildman–Crippen LogP) is 1.99. The fourth-order valence-electron chi connectivity index (χ4n) is 1.77. The summed E-state index contributed by atoms with van der Waals surface area (Å²) in [4.78, 5) is 22.9. The van der Waals surface area contributed by atoms with Crippen LogP contribution in [-0.2, 0) is 18.4 Å². The molecular weight excluding hydrogens is 366 g/mol. The van der Waals surface area contributed by atoms with Gasteiger partial charge in [-0.15, -0.1) is 10.2 Å². The van der Waals surface area contributed by atoms with Crippen LogP contribution < -0.4 is 15.4 Å². The van der Waals surface area contributed by atoms with Gasteiger partial charge in [0.1, 0.15) is 12.4 Å². The first kappa shape index (κ1) is 19.1. The van der Waals surface area contributed by atoms with E-state index in [1.165, 1.54) is 11.8 Å². The molecule has 1 aromatic heterocycles. The minimum Gasteiger partial charge on any atom is -0.486 e. The normalized spacial score (nSPS) is 10.4. The van der Waals surface area contributed by atoms with Crippen molar-refractivity contribution in [1.82, 2.24) is 25.4 Å². The van der Waals surface area contributed by atoms with Crippen LogP contribution in [0.2, 0.25) is 5.02 Å². The number of carbonyl (C=O) groups excluding carboxylic acids is 2. The number of halogens is 1. The lowest BCUT2D eigenvalue weighted by Gasteiger charge is -2.07. The molecule has 0 aliphatic rings. The van der Waals surface area contributed by atoms with Crippen LogP contribution in [-0.4, -0.2) is 39.0 Å². The molecule has 2 aromatic rings. The highest BCUT2D eigenvalue weighted by Crippen LogP contribution is 2.18. The van der Waals surface area contributed by atoms with E-state index in [4.69, 9.17) is 16.3 Å². The molecule has 0 saturated heterocycles. The Labute approximate surface area is 154 Å². The highest BCUT2D eigenvalue weighted by molar-refractivity contribution is 7.99. The van der Waals surface area contributed by atoms with Crippen LogP contribution in [0.15, 0.2) is 29.4 Å². The van der Waals surface area contributed by atoms with E-state index in [1.807, 2.05) is 0 Å². The van der Waals surface area contributed by atoms with Crippen LogP contribution in [0.3, 0.4) is 0 Å². The topological polar surface area (TPSA) is 98.1 Å².